The van der Waals surface area contributed by atoms with Crippen LogP contribution in [0.15, 0.2) is 53.4 Å². The van der Waals surface area contributed by atoms with Crippen molar-refractivity contribution in [2.75, 3.05) is 18.4 Å². The maximum atomic E-state index is 12.9. The molecule has 1 atom stereocenters. The molecule has 1 N–H and O–H groups in total. The zero-order valence-corrected chi connectivity index (χ0v) is 19.4. The van der Waals surface area contributed by atoms with Gasteiger partial charge in [-0.3, -0.25) is 4.79 Å². The highest BCUT2D eigenvalue weighted by Crippen LogP contribution is 2.26. The van der Waals surface area contributed by atoms with Crippen molar-refractivity contribution in [1.82, 2.24) is 4.31 Å². The predicted molar refractivity (Wildman–Crippen MR) is 120 cm³/mol. The number of alkyl halides is 2. The van der Waals surface area contributed by atoms with E-state index in [1.807, 2.05) is 0 Å². The SMILES string of the molecule is CC(OC(=O)c1ccc(S(=O)(=O)N2CCCCCC2)cc1)C(=O)Nc1ccccc1OC(F)F. The van der Waals surface area contributed by atoms with E-state index in [0.717, 1.165) is 25.7 Å². The highest BCUT2D eigenvalue weighted by Gasteiger charge is 2.26. The Morgan fingerprint density at radius 1 is 0.971 bits per heavy atom. The Balaban J connectivity index is 1.62. The average molecular weight is 497 g/mol. The average Bonchev–Trinajstić information content (AvgIpc) is 3.10. The Hall–Kier alpha value is -3.05. The third-order valence-electron chi connectivity index (χ3n) is 5.31. The number of sulfonamides is 1. The minimum absolute atomic E-state index is 0.00114. The number of anilines is 1. The molecule has 184 valence electrons. The van der Waals surface area contributed by atoms with Crippen molar-refractivity contribution in [1.29, 1.82) is 0 Å². The molecule has 0 radical (unpaired) electrons. The first-order chi connectivity index (χ1) is 16.2. The Morgan fingerprint density at radius 3 is 2.21 bits per heavy atom. The molecule has 2 aromatic rings. The molecule has 34 heavy (non-hydrogen) atoms. The van der Waals surface area contributed by atoms with Gasteiger partial charge in [-0.1, -0.05) is 25.0 Å². The van der Waals surface area contributed by atoms with Gasteiger partial charge in [-0.2, -0.15) is 13.1 Å². The van der Waals surface area contributed by atoms with Gasteiger partial charge in [0.05, 0.1) is 16.1 Å². The summed E-state index contributed by atoms with van der Waals surface area (Å²) in [6.07, 6.45) is 2.35. The van der Waals surface area contributed by atoms with Crippen LogP contribution in [0, 0.1) is 0 Å². The molecule has 0 spiro atoms. The van der Waals surface area contributed by atoms with Gasteiger partial charge < -0.3 is 14.8 Å². The summed E-state index contributed by atoms with van der Waals surface area (Å²) in [6.45, 7) is -0.823. The van der Waals surface area contributed by atoms with E-state index in [4.69, 9.17) is 4.74 Å². The van der Waals surface area contributed by atoms with Crippen LogP contribution in [-0.4, -0.2) is 50.4 Å². The summed E-state index contributed by atoms with van der Waals surface area (Å²) in [7, 11) is -3.66. The van der Waals surface area contributed by atoms with E-state index in [1.165, 1.54) is 59.8 Å². The molecule has 1 aliphatic heterocycles. The van der Waals surface area contributed by atoms with Gasteiger partial charge in [0.15, 0.2) is 6.10 Å². The van der Waals surface area contributed by atoms with Gasteiger partial charge in [-0.05, 0) is 56.2 Å². The van der Waals surface area contributed by atoms with Gasteiger partial charge in [0, 0.05) is 13.1 Å². The first kappa shape index (κ1) is 25.6. The molecule has 2 aromatic carbocycles. The van der Waals surface area contributed by atoms with Crippen LogP contribution in [0.3, 0.4) is 0 Å². The molecule has 1 amide bonds. The number of esters is 1. The quantitative estimate of drug-likeness (QED) is 0.554. The summed E-state index contributed by atoms with van der Waals surface area (Å²) >= 11 is 0. The summed E-state index contributed by atoms with van der Waals surface area (Å²) < 4.78 is 61.7. The number of nitrogens with one attached hydrogen (secondary N) is 1. The summed E-state index contributed by atoms with van der Waals surface area (Å²) in [6, 6.07) is 10.9. The fourth-order valence-corrected chi connectivity index (χ4v) is 5.00. The second-order valence-corrected chi connectivity index (χ2v) is 9.69. The van der Waals surface area contributed by atoms with Gasteiger partial charge in [0.25, 0.3) is 5.91 Å². The van der Waals surface area contributed by atoms with Crippen LogP contribution in [-0.2, 0) is 19.6 Å². The van der Waals surface area contributed by atoms with Gasteiger partial charge in [-0.25, -0.2) is 13.2 Å². The molecule has 8 nitrogen and oxygen atoms in total. The fourth-order valence-electron chi connectivity index (χ4n) is 3.48. The maximum absolute atomic E-state index is 12.9. The number of carbonyl (C=O) groups excluding carboxylic acids is 2. The lowest BCUT2D eigenvalue weighted by atomic mass is 10.2. The lowest BCUT2D eigenvalue weighted by molar-refractivity contribution is -0.123. The highest BCUT2D eigenvalue weighted by molar-refractivity contribution is 7.89. The first-order valence-electron chi connectivity index (χ1n) is 10.8. The third-order valence-corrected chi connectivity index (χ3v) is 7.22. The zero-order valence-electron chi connectivity index (χ0n) is 18.6. The van der Waals surface area contributed by atoms with Gasteiger partial charge in [-0.15, -0.1) is 0 Å². The number of amides is 1. The van der Waals surface area contributed by atoms with Crippen molar-refractivity contribution in [3.05, 3.63) is 54.1 Å². The molecule has 0 bridgehead atoms. The smallest absolute Gasteiger partial charge is 0.387 e. The molecule has 3 rings (SSSR count). The molecule has 1 fully saturated rings. The summed E-state index contributed by atoms with van der Waals surface area (Å²) in [5.41, 5.74) is 0.0645. The van der Waals surface area contributed by atoms with E-state index in [9.17, 15) is 26.8 Å². The van der Waals surface area contributed by atoms with E-state index in [1.54, 1.807) is 0 Å². The standard InChI is InChI=1S/C23H26F2N2O6S/c1-16(21(28)26-19-8-4-5-9-20(19)33-23(24)25)32-22(29)17-10-12-18(13-11-17)34(30,31)27-14-6-2-3-7-15-27/h4-5,8-13,16,23H,2-3,6-7,14-15H2,1H3,(H,26,28). The van der Waals surface area contributed by atoms with Crippen LogP contribution in [0.5, 0.6) is 5.75 Å². The topological polar surface area (TPSA) is 102 Å². The minimum atomic E-state index is -3.66. The number of hydrogen-bond donors (Lipinski definition) is 1. The summed E-state index contributed by atoms with van der Waals surface area (Å²) in [5, 5.41) is 2.38. The molecule has 0 aromatic heterocycles. The zero-order chi connectivity index (χ0) is 24.7. The normalized spacial score (nSPS) is 15.9. The molecular formula is C23H26F2N2O6S. The van der Waals surface area contributed by atoms with Crippen molar-refractivity contribution in [3.63, 3.8) is 0 Å². The van der Waals surface area contributed by atoms with Crippen LogP contribution >= 0.6 is 0 Å². The van der Waals surface area contributed by atoms with Gasteiger partial charge in [0.2, 0.25) is 10.0 Å². The van der Waals surface area contributed by atoms with Crippen LogP contribution in [0.25, 0.3) is 0 Å². The molecule has 1 aliphatic rings. The first-order valence-corrected chi connectivity index (χ1v) is 12.3. The van der Waals surface area contributed by atoms with Crippen LogP contribution in [0.2, 0.25) is 0 Å². The molecule has 1 saturated heterocycles. The molecule has 0 saturated carbocycles. The van der Waals surface area contributed by atoms with Crippen molar-refractivity contribution >= 4 is 27.6 Å². The van der Waals surface area contributed by atoms with E-state index in [0.29, 0.717) is 13.1 Å². The number of para-hydroxylation sites is 2. The lowest BCUT2D eigenvalue weighted by Gasteiger charge is -2.20. The Labute approximate surface area is 196 Å². The van der Waals surface area contributed by atoms with E-state index < -0.39 is 34.6 Å². The monoisotopic (exact) mass is 496 g/mol. The van der Waals surface area contributed by atoms with Crippen molar-refractivity contribution in [2.24, 2.45) is 0 Å². The molecule has 0 aliphatic carbocycles. The number of rotatable bonds is 8. The van der Waals surface area contributed by atoms with Crippen LogP contribution in [0.4, 0.5) is 14.5 Å². The second-order valence-electron chi connectivity index (χ2n) is 7.75. The largest absolute Gasteiger partial charge is 0.449 e. The number of carbonyl (C=O) groups is 2. The summed E-state index contributed by atoms with van der Waals surface area (Å²) in [4.78, 5) is 24.9. The predicted octanol–water partition coefficient (Wildman–Crippen LogP) is 4.04. The van der Waals surface area contributed by atoms with Gasteiger partial charge in [0.1, 0.15) is 5.75 Å². The Bertz CT molecular complexity index is 1100. The third kappa shape index (κ3) is 6.51. The van der Waals surface area contributed by atoms with Crippen molar-refractivity contribution in [3.8, 4) is 5.75 Å². The van der Waals surface area contributed by atoms with E-state index in [-0.39, 0.29) is 21.9 Å². The lowest BCUT2D eigenvalue weighted by Crippen LogP contribution is -2.32. The van der Waals surface area contributed by atoms with E-state index in [2.05, 4.69) is 10.1 Å². The fraction of sp³-hybridized carbons (Fsp3) is 0.391. The Kier molecular flexibility index (Phi) is 8.56. The van der Waals surface area contributed by atoms with E-state index >= 15 is 0 Å². The number of ether oxygens (including phenoxy) is 2. The van der Waals surface area contributed by atoms with Crippen molar-refractivity contribution in [2.45, 2.75) is 50.2 Å². The van der Waals surface area contributed by atoms with Gasteiger partial charge >= 0.3 is 12.6 Å². The maximum Gasteiger partial charge on any atom is 0.387 e. The highest BCUT2D eigenvalue weighted by atomic mass is 32.2. The number of halogens is 2. The van der Waals surface area contributed by atoms with Crippen LogP contribution in [0.1, 0.15) is 43.0 Å². The number of hydrogen-bond acceptors (Lipinski definition) is 6. The molecule has 1 heterocycles. The number of benzene rings is 2. The molecule has 1 unspecified atom stereocenters. The molecular weight excluding hydrogens is 470 g/mol. The Morgan fingerprint density at radius 2 is 1.59 bits per heavy atom. The molecule has 11 heteroatoms. The summed E-state index contributed by atoms with van der Waals surface area (Å²) in [5.74, 6) is -1.82. The van der Waals surface area contributed by atoms with Crippen LogP contribution < -0.4 is 10.1 Å². The second kappa shape index (κ2) is 11.4. The minimum Gasteiger partial charge on any atom is -0.449 e. The van der Waals surface area contributed by atoms with Crippen molar-refractivity contribution < 1.29 is 36.3 Å². The number of nitrogens with zero attached hydrogens (tertiary/aromatic N) is 1.